The van der Waals surface area contributed by atoms with Gasteiger partial charge in [0.15, 0.2) is 9.84 Å². The van der Waals surface area contributed by atoms with Crippen LogP contribution in [0.15, 0.2) is 29.2 Å². The molecule has 1 aromatic rings. The van der Waals surface area contributed by atoms with Crippen LogP contribution in [0.4, 0.5) is 0 Å². The van der Waals surface area contributed by atoms with E-state index in [1.807, 2.05) is 6.07 Å². The molecule has 4 heteroatoms. The lowest BCUT2D eigenvalue weighted by atomic mass is 10.0. The molecule has 1 unspecified atom stereocenters. The number of sulfone groups is 1. The first-order chi connectivity index (χ1) is 7.95. The summed E-state index contributed by atoms with van der Waals surface area (Å²) in [6.45, 7) is 2.15. The summed E-state index contributed by atoms with van der Waals surface area (Å²) in [5, 5.41) is 0. The number of rotatable bonds is 6. The average Bonchev–Trinajstić information content (AvgIpc) is 2.28. The molecule has 0 saturated carbocycles. The Morgan fingerprint density at radius 2 is 2.00 bits per heavy atom. The van der Waals surface area contributed by atoms with Gasteiger partial charge in [0.05, 0.1) is 4.90 Å². The van der Waals surface area contributed by atoms with Crippen molar-refractivity contribution in [1.82, 2.24) is 0 Å². The van der Waals surface area contributed by atoms with E-state index in [1.165, 1.54) is 12.7 Å². The molecule has 0 aliphatic rings. The van der Waals surface area contributed by atoms with Gasteiger partial charge in [0, 0.05) is 12.3 Å². The Morgan fingerprint density at radius 3 is 2.59 bits per heavy atom. The Bertz CT molecular complexity index is 454. The maximum Gasteiger partial charge on any atom is 0.175 e. The summed E-state index contributed by atoms with van der Waals surface area (Å²) in [5.41, 5.74) is 6.96. The predicted molar refractivity (Wildman–Crippen MR) is 70.6 cm³/mol. The fourth-order valence-electron chi connectivity index (χ4n) is 1.76. The molecule has 0 aliphatic heterocycles. The zero-order valence-electron chi connectivity index (χ0n) is 10.5. The van der Waals surface area contributed by atoms with Gasteiger partial charge in [0.25, 0.3) is 0 Å². The highest BCUT2D eigenvalue weighted by atomic mass is 32.2. The number of hydrogen-bond donors (Lipinski definition) is 1. The Morgan fingerprint density at radius 1 is 1.29 bits per heavy atom. The Hall–Kier alpha value is -0.870. The minimum absolute atomic E-state index is 0.0664. The highest BCUT2D eigenvalue weighted by Gasteiger charge is 2.11. The predicted octanol–water partition coefficient (Wildman–Crippen LogP) is 2.67. The zero-order valence-corrected chi connectivity index (χ0v) is 11.3. The molecule has 0 aliphatic carbocycles. The summed E-state index contributed by atoms with van der Waals surface area (Å²) in [4.78, 5) is 0.348. The van der Waals surface area contributed by atoms with Gasteiger partial charge in [-0.1, -0.05) is 38.3 Å². The lowest BCUT2D eigenvalue weighted by Gasteiger charge is -2.12. The van der Waals surface area contributed by atoms with Crippen molar-refractivity contribution in [3.05, 3.63) is 29.8 Å². The summed E-state index contributed by atoms with van der Waals surface area (Å²) in [6.07, 6.45) is 5.53. The fraction of sp³-hybridized carbons (Fsp3) is 0.538. The smallest absolute Gasteiger partial charge is 0.175 e. The van der Waals surface area contributed by atoms with Gasteiger partial charge >= 0.3 is 0 Å². The van der Waals surface area contributed by atoms with Crippen molar-refractivity contribution in [2.45, 2.75) is 43.5 Å². The summed E-state index contributed by atoms with van der Waals surface area (Å²) in [5.74, 6) is 0. The molecule has 0 radical (unpaired) electrons. The van der Waals surface area contributed by atoms with Crippen LogP contribution in [0.3, 0.4) is 0 Å². The van der Waals surface area contributed by atoms with Crippen LogP contribution >= 0.6 is 0 Å². The van der Waals surface area contributed by atoms with Gasteiger partial charge < -0.3 is 5.73 Å². The molecule has 0 saturated heterocycles. The minimum atomic E-state index is -3.14. The monoisotopic (exact) mass is 255 g/mol. The third-order valence-electron chi connectivity index (χ3n) is 2.83. The third kappa shape index (κ3) is 4.48. The first kappa shape index (κ1) is 14.2. The van der Waals surface area contributed by atoms with Gasteiger partial charge in [-0.3, -0.25) is 0 Å². The van der Waals surface area contributed by atoms with Gasteiger partial charge in [-0.05, 0) is 24.1 Å². The molecular formula is C13H21NO2S. The summed E-state index contributed by atoms with van der Waals surface area (Å²) in [6, 6.07) is 6.88. The van der Waals surface area contributed by atoms with E-state index in [0.29, 0.717) is 4.90 Å². The second kappa shape index (κ2) is 6.17. The molecule has 1 atom stereocenters. The van der Waals surface area contributed by atoms with Crippen molar-refractivity contribution < 1.29 is 8.42 Å². The normalized spacial score (nSPS) is 13.6. The van der Waals surface area contributed by atoms with Crippen LogP contribution in [0.5, 0.6) is 0 Å². The molecule has 96 valence electrons. The SMILES string of the molecule is CCCCCC(N)c1cccc(S(C)(=O)=O)c1. The molecule has 1 aromatic carbocycles. The van der Waals surface area contributed by atoms with E-state index in [1.54, 1.807) is 18.2 Å². The molecule has 0 amide bonds. The van der Waals surface area contributed by atoms with E-state index in [9.17, 15) is 8.42 Å². The van der Waals surface area contributed by atoms with E-state index >= 15 is 0 Å². The molecule has 3 nitrogen and oxygen atoms in total. The summed E-state index contributed by atoms with van der Waals surface area (Å²) < 4.78 is 22.9. The summed E-state index contributed by atoms with van der Waals surface area (Å²) in [7, 11) is -3.14. The van der Waals surface area contributed by atoms with Crippen molar-refractivity contribution in [2.24, 2.45) is 5.73 Å². The highest BCUT2D eigenvalue weighted by molar-refractivity contribution is 7.90. The van der Waals surface area contributed by atoms with E-state index in [-0.39, 0.29) is 6.04 Å². The maximum atomic E-state index is 11.4. The van der Waals surface area contributed by atoms with E-state index < -0.39 is 9.84 Å². The molecule has 0 heterocycles. The van der Waals surface area contributed by atoms with Crippen molar-refractivity contribution in [2.75, 3.05) is 6.26 Å². The third-order valence-corrected chi connectivity index (χ3v) is 3.94. The van der Waals surface area contributed by atoms with Crippen LogP contribution in [0.1, 0.15) is 44.2 Å². The molecule has 1 rings (SSSR count). The van der Waals surface area contributed by atoms with Crippen molar-refractivity contribution in [3.8, 4) is 0 Å². The molecule has 0 fully saturated rings. The van der Waals surface area contributed by atoms with E-state index in [2.05, 4.69) is 6.92 Å². The molecule has 0 spiro atoms. The molecule has 2 N–H and O–H groups in total. The number of hydrogen-bond acceptors (Lipinski definition) is 3. The van der Waals surface area contributed by atoms with E-state index in [4.69, 9.17) is 5.73 Å². The van der Waals surface area contributed by atoms with Crippen LogP contribution in [0, 0.1) is 0 Å². The van der Waals surface area contributed by atoms with Crippen LogP contribution in [-0.4, -0.2) is 14.7 Å². The highest BCUT2D eigenvalue weighted by Crippen LogP contribution is 2.20. The van der Waals surface area contributed by atoms with Gasteiger partial charge in [0.1, 0.15) is 0 Å². The standard InChI is InChI=1S/C13H21NO2S/c1-3-4-5-9-13(14)11-7-6-8-12(10-11)17(2,15)16/h6-8,10,13H,3-5,9,14H2,1-2H3. The molecular weight excluding hydrogens is 234 g/mol. The van der Waals surface area contributed by atoms with Crippen molar-refractivity contribution in [1.29, 1.82) is 0 Å². The topological polar surface area (TPSA) is 60.2 Å². The second-order valence-corrected chi connectivity index (χ2v) is 6.46. The van der Waals surface area contributed by atoms with Gasteiger partial charge in [-0.25, -0.2) is 8.42 Å². The summed E-state index contributed by atoms with van der Waals surface area (Å²) >= 11 is 0. The van der Waals surface area contributed by atoms with Crippen LogP contribution < -0.4 is 5.73 Å². The average molecular weight is 255 g/mol. The van der Waals surface area contributed by atoms with Gasteiger partial charge in [0.2, 0.25) is 0 Å². The van der Waals surface area contributed by atoms with Gasteiger partial charge in [-0.2, -0.15) is 0 Å². The number of nitrogens with two attached hydrogens (primary N) is 1. The Kier molecular flexibility index (Phi) is 5.15. The van der Waals surface area contributed by atoms with E-state index in [0.717, 1.165) is 24.8 Å². The van der Waals surface area contributed by atoms with Gasteiger partial charge in [-0.15, -0.1) is 0 Å². The van der Waals surface area contributed by atoms with Crippen molar-refractivity contribution in [3.63, 3.8) is 0 Å². The zero-order chi connectivity index (χ0) is 12.9. The molecule has 0 aromatic heterocycles. The lowest BCUT2D eigenvalue weighted by Crippen LogP contribution is -2.11. The van der Waals surface area contributed by atoms with Crippen LogP contribution in [0.25, 0.3) is 0 Å². The molecule has 0 bridgehead atoms. The largest absolute Gasteiger partial charge is 0.324 e. The Balaban J connectivity index is 2.78. The lowest BCUT2D eigenvalue weighted by molar-refractivity contribution is 0.579. The number of benzene rings is 1. The fourth-order valence-corrected chi connectivity index (χ4v) is 2.43. The van der Waals surface area contributed by atoms with Crippen LogP contribution in [-0.2, 0) is 9.84 Å². The first-order valence-electron chi connectivity index (χ1n) is 6.00. The maximum absolute atomic E-state index is 11.4. The second-order valence-electron chi connectivity index (χ2n) is 4.45. The quantitative estimate of drug-likeness (QED) is 0.795. The van der Waals surface area contributed by atoms with Crippen LogP contribution in [0.2, 0.25) is 0 Å². The van der Waals surface area contributed by atoms with Crippen molar-refractivity contribution >= 4 is 9.84 Å². The first-order valence-corrected chi connectivity index (χ1v) is 7.90. The number of unbranched alkanes of at least 4 members (excludes halogenated alkanes) is 2. The molecule has 17 heavy (non-hydrogen) atoms. The minimum Gasteiger partial charge on any atom is -0.324 e. The Labute approximate surface area is 104 Å².